The highest BCUT2D eigenvalue weighted by Gasteiger charge is 2.14. The van der Waals surface area contributed by atoms with Gasteiger partial charge in [-0.25, -0.2) is 18.4 Å². The van der Waals surface area contributed by atoms with Crippen LogP contribution in [0.25, 0.3) is 33.1 Å². The largest absolute Gasteiger partial charge is 0.332 e. The minimum atomic E-state index is -2.51. The summed E-state index contributed by atoms with van der Waals surface area (Å²) in [5, 5.41) is 1.93. The molecule has 4 aromatic rings. The van der Waals surface area contributed by atoms with E-state index in [1.54, 1.807) is 4.57 Å². The predicted octanol–water partition coefficient (Wildman–Crippen LogP) is 2.82. The summed E-state index contributed by atoms with van der Waals surface area (Å²) in [5.74, 6) is -0.0428. The molecule has 0 saturated heterocycles. The van der Waals surface area contributed by atoms with Gasteiger partial charge >= 0.3 is 0 Å². The number of hydrogen-bond acceptors (Lipinski definition) is 4. The molecule has 0 radical (unpaired) electrons. The summed E-state index contributed by atoms with van der Waals surface area (Å²) in [5.41, 5.74) is 3.47. The fourth-order valence-electron chi connectivity index (χ4n) is 2.90. The number of aromatic nitrogens is 3. The number of fused-ring (bicyclic) bond motifs is 2. The van der Waals surface area contributed by atoms with Crippen LogP contribution in [0, 0.1) is 0 Å². The number of hydrogen-bond donors (Lipinski definition) is 1. The zero-order chi connectivity index (χ0) is 15.8. The second-order valence-corrected chi connectivity index (χ2v) is 6.19. The van der Waals surface area contributed by atoms with Crippen LogP contribution in [0.2, 0.25) is 0 Å². The highest BCUT2D eigenvalue weighted by molar-refractivity contribution is 7.71. The third-order valence-electron chi connectivity index (χ3n) is 3.85. The average molecular weight is 323 g/mol. The van der Waals surface area contributed by atoms with E-state index in [4.69, 9.17) is 0 Å². The second-order valence-electron chi connectivity index (χ2n) is 5.24. The van der Waals surface area contributed by atoms with Gasteiger partial charge in [0.05, 0.1) is 11.2 Å². The van der Waals surface area contributed by atoms with Crippen LogP contribution in [0.15, 0.2) is 61.1 Å². The predicted molar refractivity (Wildman–Crippen MR) is 90.8 cm³/mol. The lowest BCUT2D eigenvalue weighted by atomic mass is 10.1. The van der Waals surface area contributed by atoms with Crippen LogP contribution < -0.4 is 0 Å². The highest BCUT2D eigenvalue weighted by atomic mass is 32.2. The van der Waals surface area contributed by atoms with Gasteiger partial charge in [0.25, 0.3) is 0 Å². The van der Waals surface area contributed by atoms with Gasteiger partial charge in [0, 0.05) is 28.0 Å². The molecule has 4 rings (SSSR count). The molecule has 6 heteroatoms. The molecule has 0 aliphatic carbocycles. The van der Waals surface area contributed by atoms with Crippen LogP contribution in [0.3, 0.4) is 0 Å². The summed E-state index contributed by atoms with van der Waals surface area (Å²) in [6.07, 6.45) is 3.39. The number of rotatable bonds is 3. The summed E-state index contributed by atoms with van der Waals surface area (Å²) in [6, 6.07) is 15.5. The maximum atomic E-state index is 11.2. The zero-order valence-corrected chi connectivity index (χ0v) is 13.0. The Morgan fingerprint density at radius 1 is 0.913 bits per heavy atom. The molecule has 2 aromatic heterocycles. The van der Waals surface area contributed by atoms with Crippen molar-refractivity contribution < 1.29 is 8.42 Å². The molecule has 0 atom stereocenters. The van der Waals surface area contributed by atoms with Gasteiger partial charge in [-0.3, -0.25) is 0 Å². The fraction of sp³-hybridized carbons (Fsp3) is 0.0588. The van der Waals surface area contributed by atoms with Gasteiger partial charge in [0.1, 0.15) is 12.2 Å². The van der Waals surface area contributed by atoms with Crippen LogP contribution in [0.5, 0.6) is 0 Å². The maximum Gasteiger partial charge on any atom is 0.158 e. The SMILES string of the molecule is O=[SH](=O)Cn1cc(-c2ncnc3ccccc23)c2ccccc21. The van der Waals surface area contributed by atoms with Crippen LogP contribution in [0.4, 0.5) is 0 Å². The third kappa shape index (κ3) is 2.37. The van der Waals surface area contributed by atoms with Crippen molar-refractivity contribution in [1.29, 1.82) is 0 Å². The smallest absolute Gasteiger partial charge is 0.158 e. The van der Waals surface area contributed by atoms with Gasteiger partial charge < -0.3 is 4.57 Å². The first kappa shape index (κ1) is 13.9. The van der Waals surface area contributed by atoms with Gasteiger partial charge in [0.15, 0.2) is 10.7 Å². The van der Waals surface area contributed by atoms with Gasteiger partial charge in [0.2, 0.25) is 0 Å². The number of nitrogens with zero attached hydrogens (tertiary/aromatic N) is 3. The Kier molecular flexibility index (Phi) is 3.31. The molecule has 0 spiro atoms. The first-order chi connectivity index (χ1) is 11.2. The van der Waals surface area contributed by atoms with Crippen molar-refractivity contribution in [3.05, 3.63) is 61.1 Å². The molecule has 0 N–H and O–H groups in total. The molecule has 23 heavy (non-hydrogen) atoms. The van der Waals surface area contributed by atoms with E-state index in [1.807, 2.05) is 54.7 Å². The minimum Gasteiger partial charge on any atom is -0.332 e. The first-order valence-corrected chi connectivity index (χ1v) is 8.50. The van der Waals surface area contributed by atoms with Crippen LogP contribution in [-0.4, -0.2) is 23.0 Å². The average Bonchev–Trinajstić information content (AvgIpc) is 2.92. The molecule has 114 valence electrons. The Labute approximate surface area is 134 Å². The molecule has 0 bridgehead atoms. The molecular formula is C17H13N3O2S. The topological polar surface area (TPSA) is 64.8 Å². The van der Waals surface area contributed by atoms with E-state index in [-0.39, 0.29) is 5.88 Å². The lowest BCUT2D eigenvalue weighted by molar-refractivity contribution is 0.605. The molecule has 2 heterocycles. The van der Waals surface area contributed by atoms with E-state index in [2.05, 4.69) is 9.97 Å². The van der Waals surface area contributed by atoms with Crippen molar-refractivity contribution in [3.63, 3.8) is 0 Å². The Bertz CT molecular complexity index is 1090. The molecule has 2 aromatic carbocycles. The Morgan fingerprint density at radius 3 is 2.48 bits per heavy atom. The van der Waals surface area contributed by atoms with E-state index in [0.29, 0.717) is 0 Å². The maximum absolute atomic E-state index is 11.2. The first-order valence-electron chi connectivity index (χ1n) is 7.14. The summed E-state index contributed by atoms with van der Waals surface area (Å²) in [6.45, 7) is 0. The zero-order valence-electron chi connectivity index (χ0n) is 12.1. The van der Waals surface area contributed by atoms with Crippen molar-refractivity contribution >= 4 is 32.5 Å². The second kappa shape index (κ2) is 5.48. The third-order valence-corrected chi connectivity index (χ3v) is 4.39. The van der Waals surface area contributed by atoms with E-state index in [9.17, 15) is 8.42 Å². The molecule has 0 aliphatic rings. The summed E-state index contributed by atoms with van der Waals surface area (Å²) >= 11 is 0. The van der Waals surface area contributed by atoms with Crippen LogP contribution in [-0.2, 0) is 16.6 Å². The monoisotopic (exact) mass is 323 g/mol. The molecule has 0 unspecified atom stereocenters. The molecular weight excluding hydrogens is 310 g/mol. The van der Waals surface area contributed by atoms with Crippen LogP contribution >= 0.6 is 0 Å². The minimum absolute atomic E-state index is 0.0428. The van der Waals surface area contributed by atoms with E-state index in [1.165, 1.54) is 6.33 Å². The molecule has 0 amide bonds. The van der Waals surface area contributed by atoms with Crippen molar-refractivity contribution in [1.82, 2.24) is 14.5 Å². The van der Waals surface area contributed by atoms with E-state index >= 15 is 0 Å². The standard InChI is InChI=1S/C17H13N3O2S/c21-23(22)11-20-9-14(12-5-2-4-8-16(12)20)17-13-6-1-3-7-15(13)18-10-19-17/h1-10,23H,11H2. The van der Waals surface area contributed by atoms with E-state index < -0.39 is 10.7 Å². The molecule has 0 fully saturated rings. The molecule has 0 saturated carbocycles. The number of thiol groups is 1. The Balaban J connectivity index is 2.05. The highest BCUT2D eigenvalue weighted by Crippen LogP contribution is 2.33. The molecule has 5 nitrogen and oxygen atoms in total. The van der Waals surface area contributed by atoms with Gasteiger partial charge in [-0.2, -0.15) is 0 Å². The number of benzene rings is 2. The van der Waals surface area contributed by atoms with Crippen molar-refractivity contribution in [2.24, 2.45) is 0 Å². The lowest BCUT2D eigenvalue weighted by Crippen LogP contribution is -1.96. The van der Waals surface area contributed by atoms with Gasteiger partial charge in [-0.1, -0.05) is 36.4 Å². The van der Waals surface area contributed by atoms with Crippen molar-refractivity contribution in [2.75, 3.05) is 0 Å². The summed E-state index contributed by atoms with van der Waals surface area (Å²) in [4.78, 5) is 8.73. The lowest BCUT2D eigenvalue weighted by Gasteiger charge is -2.03. The van der Waals surface area contributed by atoms with Crippen molar-refractivity contribution in [2.45, 2.75) is 5.88 Å². The van der Waals surface area contributed by atoms with E-state index in [0.717, 1.165) is 33.1 Å². The normalized spacial score (nSPS) is 11.5. The van der Waals surface area contributed by atoms with Crippen molar-refractivity contribution in [3.8, 4) is 11.3 Å². The summed E-state index contributed by atoms with van der Waals surface area (Å²) in [7, 11) is -2.51. The van der Waals surface area contributed by atoms with Crippen LogP contribution in [0.1, 0.15) is 0 Å². The number of para-hydroxylation sites is 2. The quantitative estimate of drug-likeness (QED) is 0.589. The van der Waals surface area contributed by atoms with Gasteiger partial charge in [-0.15, -0.1) is 0 Å². The Hall–Kier alpha value is -2.73. The Morgan fingerprint density at radius 2 is 1.65 bits per heavy atom. The molecule has 0 aliphatic heterocycles. The summed E-state index contributed by atoms with van der Waals surface area (Å²) < 4.78 is 24.1. The fourth-order valence-corrected chi connectivity index (χ4v) is 3.38. The van der Waals surface area contributed by atoms with Gasteiger partial charge in [-0.05, 0) is 12.1 Å².